The lowest BCUT2D eigenvalue weighted by Crippen LogP contribution is -2.25. The monoisotopic (exact) mass is 408 g/mol. The molecule has 0 spiro atoms. The number of hydrogen-bond acceptors (Lipinski definition) is 4. The molecule has 3 N–H and O–H groups in total. The van der Waals surface area contributed by atoms with E-state index < -0.39 is 17.3 Å². The second-order valence-corrected chi connectivity index (χ2v) is 7.42. The summed E-state index contributed by atoms with van der Waals surface area (Å²) in [7, 11) is 0. The lowest BCUT2D eigenvalue weighted by Gasteiger charge is -2.21. The molecule has 8 heteroatoms. The number of hydrogen-bond donors (Lipinski definition) is 3. The third-order valence-electron chi connectivity index (χ3n) is 5.37. The number of amides is 2. The van der Waals surface area contributed by atoms with Gasteiger partial charge in [-0.15, -0.1) is 0 Å². The van der Waals surface area contributed by atoms with E-state index in [-0.39, 0.29) is 23.2 Å². The molecular formula is C22H21FN4O3. The molecule has 154 valence electrons. The summed E-state index contributed by atoms with van der Waals surface area (Å²) in [5.41, 5.74) is -0.0287. The number of anilines is 2. The van der Waals surface area contributed by atoms with Crippen molar-refractivity contribution in [2.24, 2.45) is 5.92 Å². The minimum Gasteiger partial charge on any atom is -0.323 e. The van der Waals surface area contributed by atoms with E-state index in [1.807, 2.05) is 0 Å². The van der Waals surface area contributed by atoms with Gasteiger partial charge in [0.25, 0.3) is 11.5 Å². The van der Waals surface area contributed by atoms with E-state index in [1.165, 1.54) is 18.2 Å². The average Bonchev–Trinajstić information content (AvgIpc) is 2.77. The van der Waals surface area contributed by atoms with Crippen LogP contribution in [-0.4, -0.2) is 22.0 Å². The summed E-state index contributed by atoms with van der Waals surface area (Å²) < 4.78 is 14.2. The fraction of sp³-hybridized carbons (Fsp3) is 0.273. The highest BCUT2D eigenvalue weighted by Crippen LogP contribution is 2.27. The molecule has 2 aromatic carbocycles. The Bertz CT molecular complexity index is 1170. The van der Waals surface area contributed by atoms with Gasteiger partial charge in [-0.05, 0) is 37.1 Å². The van der Waals surface area contributed by atoms with Gasteiger partial charge in [0.15, 0.2) is 5.69 Å². The molecule has 0 aliphatic heterocycles. The van der Waals surface area contributed by atoms with Crippen molar-refractivity contribution < 1.29 is 14.0 Å². The molecular weight excluding hydrogens is 387 g/mol. The molecule has 0 radical (unpaired) electrons. The highest BCUT2D eigenvalue weighted by molar-refractivity contribution is 6.11. The number of nitrogens with zero attached hydrogens (tertiary/aromatic N) is 1. The van der Waals surface area contributed by atoms with Gasteiger partial charge in [0.2, 0.25) is 5.91 Å². The number of rotatable bonds is 4. The predicted molar refractivity (Wildman–Crippen MR) is 112 cm³/mol. The molecule has 30 heavy (non-hydrogen) atoms. The first kappa shape index (κ1) is 19.8. The van der Waals surface area contributed by atoms with Crippen molar-refractivity contribution in [2.75, 3.05) is 10.6 Å². The quantitative estimate of drug-likeness (QED) is 0.610. The minimum atomic E-state index is -0.579. The van der Waals surface area contributed by atoms with Crippen LogP contribution >= 0.6 is 0 Å². The number of aromatic nitrogens is 2. The highest BCUT2D eigenvalue weighted by atomic mass is 19.1. The molecule has 1 aromatic heterocycles. The van der Waals surface area contributed by atoms with Gasteiger partial charge in [0.1, 0.15) is 5.82 Å². The van der Waals surface area contributed by atoms with E-state index in [2.05, 4.69) is 20.8 Å². The van der Waals surface area contributed by atoms with Crippen LogP contribution in [0.4, 0.5) is 15.8 Å². The molecule has 0 unspecified atom stereocenters. The number of carbonyl (C=O) groups excluding carboxylic acids is 2. The van der Waals surface area contributed by atoms with Gasteiger partial charge in [0, 0.05) is 17.0 Å². The van der Waals surface area contributed by atoms with Crippen LogP contribution in [0.25, 0.3) is 10.8 Å². The molecule has 1 aliphatic rings. The molecule has 0 bridgehead atoms. The van der Waals surface area contributed by atoms with Crippen molar-refractivity contribution in [3.05, 3.63) is 64.3 Å². The molecule has 0 saturated heterocycles. The van der Waals surface area contributed by atoms with Crippen molar-refractivity contribution in [3.8, 4) is 0 Å². The van der Waals surface area contributed by atoms with Crippen LogP contribution in [0, 0.1) is 11.7 Å². The van der Waals surface area contributed by atoms with E-state index in [1.54, 1.807) is 24.3 Å². The molecule has 2 amide bonds. The molecule has 1 saturated carbocycles. The van der Waals surface area contributed by atoms with Gasteiger partial charge in [-0.2, -0.15) is 5.10 Å². The van der Waals surface area contributed by atoms with Crippen LogP contribution in [0.2, 0.25) is 0 Å². The second-order valence-electron chi connectivity index (χ2n) is 7.42. The van der Waals surface area contributed by atoms with Crippen molar-refractivity contribution in [1.29, 1.82) is 0 Å². The number of H-pyrrole nitrogens is 1. The molecule has 1 aliphatic carbocycles. The number of carbonyl (C=O) groups is 2. The Labute approximate surface area is 171 Å². The SMILES string of the molecule is O=C(Nc1ccc(F)c(NC(=O)C2CCCCC2)c1)c1n[nH]c(=O)c2ccccc12. The summed E-state index contributed by atoms with van der Waals surface area (Å²) in [5.74, 6) is -1.46. The zero-order valence-electron chi connectivity index (χ0n) is 16.2. The lowest BCUT2D eigenvalue weighted by molar-refractivity contribution is -0.120. The summed E-state index contributed by atoms with van der Waals surface area (Å²) >= 11 is 0. The maximum Gasteiger partial charge on any atom is 0.276 e. The smallest absolute Gasteiger partial charge is 0.276 e. The summed E-state index contributed by atoms with van der Waals surface area (Å²) in [4.78, 5) is 37.1. The standard InChI is InChI=1S/C22H21FN4O3/c23-17-11-10-14(12-18(17)25-20(28)13-6-2-1-3-7-13)24-22(30)19-15-8-4-5-9-16(15)21(29)27-26-19/h4-5,8-13H,1-3,6-7H2,(H,24,30)(H,25,28)(H,27,29). The van der Waals surface area contributed by atoms with Crippen molar-refractivity contribution in [1.82, 2.24) is 10.2 Å². The van der Waals surface area contributed by atoms with Gasteiger partial charge in [-0.25, -0.2) is 9.49 Å². The topological polar surface area (TPSA) is 104 Å². The van der Waals surface area contributed by atoms with E-state index >= 15 is 0 Å². The second kappa shape index (κ2) is 8.44. The van der Waals surface area contributed by atoms with Crippen LogP contribution in [0.5, 0.6) is 0 Å². The fourth-order valence-corrected chi connectivity index (χ4v) is 3.78. The van der Waals surface area contributed by atoms with Crippen LogP contribution < -0.4 is 16.2 Å². The Kier molecular flexibility index (Phi) is 5.56. The van der Waals surface area contributed by atoms with Crippen LogP contribution in [0.1, 0.15) is 42.6 Å². The first-order chi connectivity index (χ1) is 14.5. The summed E-state index contributed by atoms with van der Waals surface area (Å²) in [6.45, 7) is 0. The van der Waals surface area contributed by atoms with Gasteiger partial charge < -0.3 is 10.6 Å². The maximum absolute atomic E-state index is 14.2. The Hall–Kier alpha value is -3.55. The van der Waals surface area contributed by atoms with Gasteiger partial charge >= 0.3 is 0 Å². The number of aromatic amines is 1. The Morgan fingerprint density at radius 1 is 1.00 bits per heavy atom. The van der Waals surface area contributed by atoms with Crippen molar-refractivity contribution >= 4 is 34.0 Å². The van der Waals surface area contributed by atoms with Crippen LogP contribution in [0.3, 0.4) is 0 Å². The first-order valence-electron chi connectivity index (χ1n) is 9.92. The number of nitrogens with one attached hydrogen (secondary N) is 3. The Balaban J connectivity index is 1.55. The van der Waals surface area contributed by atoms with Crippen LogP contribution in [0.15, 0.2) is 47.3 Å². The summed E-state index contributed by atoms with van der Waals surface area (Å²) in [6.07, 6.45) is 4.71. The van der Waals surface area contributed by atoms with E-state index in [0.29, 0.717) is 16.5 Å². The van der Waals surface area contributed by atoms with E-state index in [4.69, 9.17) is 0 Å². The minimum absolute atomic E-state index is 0.0164. The molecule has 4 rings (SSSR count). The summed E-state index contributed by atoms with van der Waals surface area (Å²) in [5, 5.41) is 12.2. The maximum atomic E-state index is 14.2. The molecule has 1 fully saturated rings. The lowest BCUT2D eigenvalue weighted by atomic mass is 9.88. The first-order valence-corrected chi connectivity index (χ1v) is 9.92. The van der Waals surface area contributed by atoms with E-state index in [0.717, 1.165) is 32.1 Å². The van der Waals surface area contributed by atoms with Crippen molar-refractivity contribution in [3.63, 3.8) is 0 Å². The Morgan fingerprint density at radius 2 is 1.73 bits per heavy atom. The number of benzene rings is 2. The number of fused-ring (bicyclic) bond motifs is 1. The van der Waals surface area contributed by atoms with Gasteiger partial charge in [0.05, 0.1) is 11.1 Å². The third-order valence-corrected chi connectivity index (χ3v) is 5.37. The molecule has 7 nitrogen and oxygen atoms in total. The largest absolute Gasteiger partial charge is 0.323 e. The third kappa shape index (κ3) is 4.07. The van der Waals surface area contributed by atoms with Crippen molar-refractivity contribution in [2.45, 2.75) is 32.1 Å². The average molecular weight is 408 g/mol. The van der Waals surface area contributed by atoms with E-state index in [9.17, 15) is 18.8 Å². The van der Waals surface area contributed by atoms with Gasteiger partial charge in [-0.1, -0.05) is 37.5 Å². The molecule has 3 aromatic rings. The fourth-order valence-electron chi connectivity index (χ4n) is 3.78. The zero-order chi connectivity index (χ0) is 21.1. The van der Waals surface area contributed by atoms with Gasteiger partial charge in [-0.3, -0.25) is 14.4 Å². The molecule has 1 heterocycles. The molecule has 0 atom stereocenters. The zero-order valence-corrected chi connectivity index (χ0v) is 16.2. The predicted octanol–water partition coefficient (Wildman–Crippen LogP) is 3.83. The Morgan fingerprint density at radius 3 is 2.50 bits per heavy atom. The number of halogens is 1. The highest BCUT2D eigenvalue weighted by Gasteiger charge is 2.22. The van der Waals surface area contributed by atoms with Crippen LogP contribution in [-0.2, 0) is 4.79 Å². The normalized spacial score (nSPS) is 14.4. The summed E-state index contributed by atoms with van der Waals surface area (Å²) in [6, 6.07) is 10.6.